The molecule has 0 bridgehead atoms. The van der Waals surface area contributed by atoms with Crippen LogP contribution >= 0.6 is 0 Å². The Kier molecular flexibility index (Phi) is 14.3. The first kappa shape index (κ1) is 19.3. The van der Waals surface area contributed by atoms with Crippen LogP contribution in [-0.2, 0) is 9.59 Å². The van der Waals surface area contributed by atoms with Crippen LogP contribution in [0.4, 0.5) is 0 Å². The summed E-state index contributed by atoms with van der Waals surface area (Å²) in [5, 5.41) is 0. The predicted molar refractivity (Wildman–Crippen MR) is 85.9 cm³/mol. The summed E-state index contributed by atoms with van der Waals surface area (Å²) in [6.07, 6.45) is 15.3. The molecule has 118 valence electrons. The van der Waals surface area contributed by atoms with E-state index >= 15 is 0 Å². The molecule has 0 heterocycles. The molecule has 0 saturated carbocycles. The van der Waals surface area contributed by atoms with Crippen molar-refractivity contribution in [3.8, 4) is 0 Å². The molecule has 20 heavy (non-hydrogen) atoms. The number of hydrogen-bond donors (Lipinski definition) is 0. The highest BCUT2D eigenvalue weighted by Crippen LogP contribution is 2.15. The van der Waals surface area contributed by atoms with Crippen LogP contribution in [0.3, 0.4) is 0 Å². The number of Topliss-reactive ketones (excluding diaryl/α,β-unsaturated/α-hetero) is 1. The van der Waals surface area contributed by atoms with Crippen LogP contribution in [0.5, 0.6) is 0 Å². The van der Waals surface area contributed by atoms with Crippen LogP contribution in [0.25, 0.3) is 0 Å². The van der Waals surface area contributed by atoms with Gasteiger partial charge in [-0.25, -0.2) is 0 Å². The summed E-state index contributed by atoms with van der Waals surface area (Å²) in [7, 11) is 0. The molecule has 0 amide bonds. The zero-order chi connectivity index (χ0) is 15.1. The number of aldehydes is 1. The van der Waals surface area contributed by atoms with E-state index < -0.39 is 0 Å². The molecule has 2 nitrogen and oxygen atoms in total. The quantitative estimate of drug-likeness (QED) is 0.226. The Morgan fingerprint density at radius 1 is 0.800 bits per heavy atom. The molecule has 1 unspecified atom stereocenters. The SMILES string of the molecule is CCCCCCCCCC(C=O)C(=O)CCCCCC. The Morgan fingerprint density at radius 2 is 1.30 bits per heavy atom. The van der Waals surface area contributed by atoms with Gasteiger partial charge in [0.05, 0.1) is 5.92 Å². The van der Waals surface area contributed by atoms with E-state index in [0.29, 0.717) is 6.42 Å². The molecule has 0 rings (SSSR count). The highest BCUT2D eigenvalue weighted by Gasteiger charge is 2.16. The van der Waals surface area contributed by atoms with E-state index in [1.54, 1.807) is 0 Å². The van der Waals surface area contributed by atoms with Crippen LogP contribution in [0.15, 0.2) is 0 Å². The second kappa shape index (κ2) is 14.7. The van der Waals surface area contributed by atoms with Crippen molar-refractivity contribution < 1.29 is 9.59 Å². The topological polar surface area (TPSA) is 34.1 Å². The van der Waals surface area contributed by atoms with Gasteiger partial charge in [0.2, 0.25) is 0 Å². The fourth-order valence-corrected chi connectivity index (χ4v) is 2.54. The summed E-state index contributed by atoms with van der Waals surface area (Å²) < 4.78 is 0. The Bertz CT molecular complexity index is 236. The molecule has 0 spiro atoms. The first-order chi connectivity index (χ1) is 9.76. The number of ketones is 1. The first-order valence-electron chi connectivity index (χ1n) is 8.74. The molecule has 2 heteroatoms. The summed E-state index contributed by atoms with van der Waals surface area (Å²) >= 11 is 0. The molecular weight excluding hydrogens is 248 g/mol. The Hall–Kier alpha value is -0.660. The molecule has 0 aliphatic rings. The van der Waals surface area contributed by atoms with Crippen LogP contribution in [0.2, 0.25) is 0 Å². The summed E-state index contributed by atoms with van der Waals surface area (Å²) in [6.45, 7) is 4.39. The lowest BCUT2D eigenvalue weighted by Crippen LogP contribution is -2.15. The lowest BCUT2D eigenvalue weighted by atomic mass is 9.94. The molecule has 0 N–H and O–H groups in total. The van der Waals surface area contributed by atoms with Gasteiger partial charge in [0, 0.05) is 6.42 Å². The molecule has 0 radical (unpaired) electrons. The van der Waals surface area contributed by atoms with Crippen LogP contribution in [0.1, 0.15) is 97.3 Å². The third-order valence-corrected chi connectivity index (χ3v) is 3.97. The molecule has 0 aliphatic heterocycles. The fourth-order valence-electron chi connectivity index (χ4n) is 2.54. The standard InChI is InChI=1S/C18H34O2/c1-3-5-7-9-10-11-12-14-17(16-19)18(20)15-13-8-6-4-2/h16-17H,3-15H2,1-2H3. The van der Waals surface area contributed by atoms with E-state index in [2.05, 4.69) is 13.8 Å². The van der Waals surface area contributed by atoms with Crippen molar-refractivity contribution in [1.82, 2.24) is 0 Å². The highest BCUT2D eigenvalue weighted by molar-refractivity contribution is 5.93. The van der Waals surface area contributed by atoms with Crippen molar-refractivity contribution in [1.29, 1.82) is 0 Å². The van der Waals surface area contributed by atoms with Crippen molar-refractivity contribution >= 4 is 12.1 Å². The maximum atomic E-state index is 11.9. The second-order valence-electron chi connectivity index (χ2n) is 5.93. The number of carbonyl (C=O) groups excluding carboxylic acids is 2. The van der Waals surface area contributed by atoms with Gasteiger partial charge in [0.1, 0.15) is 12.1 Å². The van der Waals surface area contributed by atoms with Crippen molar-refractivity contribution in [2.75, 3.05) is 0 Å². The molecule has 1 atom stereocenters. The van der Waals surface area contributed by atoms with Gasteiger partial charge in [0.25, 0.3) is 0 Å². The van der Waals surface area contributed by atoms with Gasteiger partial charge in [-0.05, 0) is 12.8 Å². The van der Waals surface area contributed by atoms with Crippen molar-refractivity contribution in [2.45, 2.75) is 97.3 Å². The summed E-state index contributed by atoms with van der Waals surface area (Å²) in [5.74, 6) is -0.158. The van der Waals surface area contributed by atoms with E-state index in [4.69, 9.17) is 0 Å². The summed E-state index contributed by atoms with van der Waals surface area (Å²) in [6, 6.07) is 0. The van der Waals surface area contributed by atoms with E-state index in [1.807, 2.05) is 0 Å². The molecule has 0 aliphatic carbocycles. The second-order valence-corrected chi connectivity index (χ2v) is 5.93. The zero-order valence-electron chi connectivity index (χ0n) is 13.7. The minimum atomic E-state index is -0.327. The number of hydrogen-bond acceptors (Lipinski definition) is 2. The fraction of sp³-hybridized carbons (Fsp3) is 0.889. The minimum Gasteiger partial charge on any atom is -0.303 e. The Labute approximate surface area is 125 Å². The normalized spacial score (nSPS) is 12.3. The average Bonchev–Trinajstić information content (AvgIpc) is 2.46. The predicted octanol–water partition coefficient (Wildman–Crippen LogP) is 5.48. The highest BCUT2D eigenvalue weighted by atomic mass is 16.1. The van der Waals surface area contributed by atoms with E-state index in [-0.39, 0.29) is 11.7 Å². The van der Waals surface area contributed by atoms with Gasteiger partial charge in [-0.1, -0.05) is 78.1 Å². The largest absolute Gasteiger partial charge is 0.303 e. The Balaban J connectivity index is 3.59. The van der Waals surface area contributed by atoms with Crippen LogP contribution in [-0.4, -0.2) is 12.1 Å². The van der Waals surface area contributed by atoms with E-state index in [9.17, 15) is 9.59 Å². The van der Waals surface area contributed by atoms with E-state index in [0.717, 1.165) is 38.4 Å². The zero-order valence-corrected chi connectivity index (χ0v) is 13.7. The third-order valence-electron chi connectivity index (χ3n) is 3.97. The molecule has 0 aromatic carbocycles. The lowest BCUT2D eigenvalue weighted by molar-refractivity contribution is -0.127. The monoisotopic (exact) mass is 282 g/mol. The summed E-state index contributed by atoms with van der Waals surface area (Å²) in [5.41, 5.74) is 0. The van der Waals surface area contributed by atoms with Gasteiger partial charge in [0.15, 0.2) is 0 Å². The van der Waals surface area contributed by atoms with Crippen molar-refractivity contribution in [3.05, 3.63) is 0 Å². The average molecular weight is 282 g/mol. The van der Waals surface area contributed by atoms with Gasteiger partial charge in [-0.15, -0.1) is 0 Å². The van der Waals surface area contributed by atoms with Gasteiger partial charge < -0.3 is 4.79 Å². The smallest absolute Gasteiger partial charge is 0.143 e. The number of unbranched alkanes of at least 4 members (excludes halogenated alkanes) is 9. The lowest BCUT2D eigenvalue weighted by Gasteiger charge is -2.09. The minimum absolute atomic E-state index is 0.169. The van der Waals surface area contributed by atoms with Crippen LogP contribution in [0, 0.1) is 5.92 Å². The van der Waals surface area contributed by atoms with Gasteiger partial charge in [-0.3, -0.25) is 4.79 Å². The summed E-state index contributed by atoms with van der Waals surface area (Å²) in [4.78, 5) is 22.9. The third kappa shape index (κ3) is 11.2. The molecule has 0 saturated heterocycles. The molecule has 0 fully saturated rings. The molecule has 0 aromatic heterocycles. The maximum Gasteiger partial charge on any atom is 0.143 e. The van der Waals surface area contributed by atoms with Gasteiger partial charge in [-0.2, -0.15) is 0 Å². The number of carbonyl (C=O) groups is 2. The van der Waals surface area contributed by atoms with Crippen molar-refractivity contribution in [3.63, 3.8) is 0 Å². The van der Waals surface area contributed by atoms with Crippen molar-refractivity contribution in [2.24, 2.45) is 5.92 Å². The van der Waals surface area contributed by atoms with Crippen LogP contribution < -0.4 is 0 Å². The van der Waals surface area contributed by atoms with E-state index in [1.165, 1.54) is 44.9 Å². The number of rotatable bonds is 15. The Morgan fingerprint density at radius 3 is 1.85 bits per heavy atom. The van der Waals surface area contributed by atoms with Gasteiger partial charge >= 0.3 is 0 Å². The first-order valence-corrected chi connectivity index (χ1v) is 8.74. The molecular formula is C18H34O2. The molecule has 0 aromatic rings. The maximum absolute atomic E-state index is 11.9.